The summed E-state index contributed by atoms with van der Waals surface area (Å²) in [6.45, 7) is 6.13. The van der Waals surface area contributed by atoms with Crippen LogP contribution in [-0.2, 0) is 14.4 Å². The molecule has 4 atom stereocenters. The monoisotopic (exact) mass is 531 g/mol. The van der Waals surface area contributed by atoms with Gasteiger partial charge in [0.2, 0.25) is 29.4 Å². The van der Waals surface area contributed by atoms with Crippen LogP contribution in [0.4, 0.5) is 17.6 Å². The molecule has 0 spiro atoms. The second-order valence-corrected chi connectivity index (χ2v) is 9.36. The van der Waals surface area contributed by atoms with Gasteiger partial charge in [-0.2, -0.15) is 8.78 Å². The quantitative estimate of drug-likeness (QED) is 0.281. The third kappa shape index (κ3) is 5.95. The third-order valence-electron chi connectivity index (χ3n) is 6.53. The van der Waals surface area contributed by atoms with Gasteiger partial charge in [0.05, 0.1) is 13.1 Å². The highest BCUT2D eigenvalue weighted by molar-refractivity contribution is 5.99. The normalized spacial score (nSPS) is 23.9. The number of likely N-dealkylation sites (N-methyl/N-ethyl adjacent to an activating group) is 1. The van der Waals surface area contributed by atoms with E-state index in [1.165, 1.54) is 0 Å². The van der Waals surface area contributed by atoms with E-state index in [0.717, 1.165) is 4.90 Å². The molecule has 0 saturated carbocycles. The van der Waals surface area contributed by atoms with Gasteiger partial charge in [-0.15, -0.1) is 0 Å². The number of phenolic OH excluding ortho intramolecular Hbond substituents is 1. The van der Waals surface area contributed by atoms with Crippen molar-refractivity contribution in [1.29, 1.82) is 0 Å². The molecule has 1 aromatic rings. The summed E-state index contributed by atoms with van der Waals surface area (Å²) in [6, 6.07) is -1.50. The number of carbonyl (C=O) groups excluding carboxylic acids is 4. The number of halogens is 4. The number of amides is 4. The maximum atomic E-state index is 14.1. The molecule has 2 saturated heterocycles. The molecule has 2 aliphatic rings. The van der Waals surface area contributed by atoms with Gasteiger partial charge in [0.15, 0.2) is 17.4 Å². The molecule has 10 nitrogen and oxygen atoms in total. The van der Waals surface area contributed by atoms with Crippen LogP contribution in [-0.4, -0.2) is 89.4 Å². The molecule has 1 aromatic carbocycles. The Balaban J connectivity index is 1.59. The number of carbonyl (C=O) groups is 4. The van der Waals surface area contributed by atoms with Gasteiger partial charge < -0.3 is 26.0 Å². The first-order chi connectivity index (χ1) is 17.3. The SMILES string of the molecule is CCNC(=O)CN1CC(NC(=O)CN2CC(C)C(NC(=O)c3c(F)c(F)c(O)c(F)c3F)C2=O)CC1C. The molecule has 4 N–H and O–H groups in total. The van der Waals surface area contributed by atoms with Gasteiger partial charge in [-0.1, -0.05) is 6.92 Å². The average Bonchev–Trinajstić information content (AvgIpc) is 3.29. The molecule has 14 heteroatoms. The molecule has 37 heavy (non-hydrogen) atoms. The van der Waals surface area contributed by atoms with E-state index in [-0.39, 0.29) is 37.6 Å². The summed E-state index contributed by atoms with van der Waals surface area (Å²) in [5.74, 6) is -13.9. The van der Waals surface area contributed by atoms with Crippen LogP contribution >= 0.6 is 0 Å². The minimum Gasteiger partial charge on any atom is -0.503 e. The van der Waals surface area contributed by atoms with Crippen LogP contribution in [0.3, 0.4) is 0 Å². The molecule has 2 fully saturated rings. The highest BCUT2D eigenvalue weighted by Gasteiger charge is 2.41. The van der Waals surface area contributed by atoms with E-state index >= 15 is 0 Å². The van der Waals surface area contributed by atoms with Crippen molar-refractivity contribution in [1.82, 2.24) is 25.8 Å². The third-order valence-corrected chi connectivity index (χ3v) is 6.53. The molecule has 2 aliphatic heterocycles. The first-order valence-electron chi connectivity index (χ1n) is 11.8. The van der Waals surface area contributed by atoms with Crippen molar-refractivity contribution in [2.24, 2.45) is 5.92 Å². The number of rotatable bonds is 8. The topological polar surface area (TPSA) is 131 Å². The summed E-state index contributed by atoms with van der Waals surface area (Å²) in [6.07, 6.45) is 0.602. The average molecular weight is 532 g/mol. The molecular formula is C23H29F4N5O5. The summed E-state index contributed by atoms with van der Waals surface area (Å²) < 4.78 is 55.3. The van der Waals surface area contributed by atoms with Crippen LogP contribution in [0.5, 0.6) is 5.75 Å². The summed E-state index contributed by atoms with van der Waals surface area (Å²) in [7, 11) is 0. The molecule has 3 rings (SSSR count). The maximum Gasteiger partial charge on any atom is 0.258 e. The smallest absolute Gasteiger partial charge is 0.258 e. The first kappa shape index (κ1) is 28.2. The van der Waals surface area contributed by atoms with Crippen molar-refractivity contribution in [2.45, 2.75) is 45.3 Å². The maximum absolute atomic E-state index is 14.1. The van der Waals surface area contributed by atoms with Gasteiger partial charge in [-0.05, 0) is 20.3 Å². The summed E-state index contributed by atoms with van der Waals surface area (Å²) in [5, 5.41) is 16.7. The Bertz CT molecular complexity index is 1070. The number of nitrogens with one attached hydrogen (secondary N) is 3. The van der Waals surface area contributed by atoms with Crippen molar-refractivity contribution in [3.05, 3.63) is 28.8 Å². The summed E-state index contributed by atoms with van der Waals surface area (Å²) >= 11 is 0. The number of phenols is 1. The lowest BCUT2D eigenvalue weighted by atomic mass is 10.0. The highest BCUT2D eigenvalue weighted by atomic mass is 19.2. The number of hydrogen-bond donors (Lipinski definition) is 4. The minimum atomic E-state index is -2.14. The van der Waals surface area contributed by atoms with Crippen LogP contribution in [0.25, 0.3) is 0 Å². The predicted octanol–water partition coefficient (Wildman–Crippen LogP) is 0.240. The summed E-state index contributed by atoms with van der Waals surface area (Å²) in [5.41, 5.74) is -1.61. The molecular weight excluding hydrogens is 502 g/mol. The van der Waals surface area contributed by atoms with Crippen molar-refractivity contribution in [3.63, 3.8) is 0 Å². The predicted molar refractivity (Wildman–Crippen MR) is 121 cm³/mol. The Kier molecular flexibility index (Phi) is 8.61. The summed E-state index contributed by atoms with van der Waals surface area (Å²) in [4.78, 5) is 52.7. The van der Waals surface area contributed by atoms with Gasteiger partial charge in [0, 0.05) is 37.6 Å². The van der Waals surface area contributed by atoms with Crippen LogP contribution in [0.15, 0.2) is 0 Å². The van der Waals surface area contributed by atoms with Crippen molar-refractivity contribution < 1.29 is 41.8 Å². The fourth-order valence-electron chi connectivity index (χ4n) is 4.67. The van der Waals surface area contributed by atoms with Crippen molar-refractivity contribution in [3.8, 4) is 5.75 Å². The second kappa shape index (κ2) is 11.3. The fraction of sp³-hybridized carbons (Fsp3) is 0.565. The Labute approximate surface area is 210 Å². The Hall–Kier alpha value is -3.42. The van der Waals surface area contributed by atoms with Gasteiger partial charge in [0.1, 0.15) is 11.6 Å². The van der Waals surface area contributed by atoms with Crippen LogP contribution in [0, 0.1) is 29.2 Å². The van der Waals surface area contributed by atoms with E-state index in [0.29, 0.717) is 19.5 Å². The first-order valence-corrected chi connectivity index (χ1v) is 11.8. The van der Waals surface area contributed by atoms with E-state index in [2.05, 4.69) is 16.0 Å². The van der Waals surface area contributed by atoms with Crippen molar-refractivity contribution in [2.75, 3.05) is 32.7 Å². The lowest BCUT2D eigenvalue weighted by molar-refractivity contribution is -0.134. The molecule has 2 heterocycles. The second-order valence-electron chi connectivity index (χ2n) is 9.36. The molecule has 0 radical (unpaired) electrons. The molecule has 4 unspecified atom stereocenters. The minimum absolute atomic E-state index is 0.0326. The van der Waals surface area contributed by atoms with E-state index in [1.54, 1.807) is 6.92 Å². The van der Waals surface area contributed by atoms with E-state index in [9.17, 15) is 36.7 Å². The van der Waals surface area contributed by atoms with E-state index in [1.807, 2.05) is 18.7 Å². The zero-order valence-corrected chi connectivity index (χ0v) is 20.5. The Morgan fingerprint density at radius 1 is 0.946 bits per heavy atom. The zero-order valence-electron chi connectivity index (χ0n) is 20.5. The highest BCUT2D eigenvalue weighted by Crippen LogP contribution is 2.29. The molecule has 0 aromatic heterocycles. The molecule has 4 amide bonds. The standard InChI is InChI=1S/C23H29F4N5O5/c1-4-28-13(33)8-31-7-12(5-11(31)3)29-14(34)9-32-6-10(2)20(23(32)37)30-22(36)15-16(24)18(26)21(35)19(27)17(15)25/h10-12,20,35H,4-9H2,1-3H3,(H,28,33)(H,29,34)(H,30,36). The molecule has 0 bridgehead atoms. The number of nitrogens with zero attached hydrogens (tertiary/aromatic N) is 2. The fourth-order valence-corrected chi connectivity index (χ4v) is 4.67. The van der Waals surface area contributed by atoms with Gasteiger partial charge >= 0.3 is 0 Å². The largest absolute Gasteiger partial charge is 0.503 e. The number of hydrogen-bond acceptors (Lipinski definition) is 6. The molecule has 204 valence electrons. The van der Waals surface area contributed by atoms with Gasteiger partial charge in [0.25, 0.3) is 5.91 Å². The lowest BCUT2D eigenvalue weighted by Crippen LogP contribution is -2.47. The van der Waals surface area contributed by atoms with Gasteiger partial charge in [-0.3, -0.25) is 24.1 Å². The lowest BCUT2D eigenvalue weighted by Gasteiger charge is -2.20. The molecule has 0 aliphatic carbocycles. The van der Waals surface area contributed by atoms with E-state index in [4.69, 9.17) is 5.11 Å². The van der Waals surface area contributed by atoms with Crippen LogP contribution < -0.4 is 16.0 Å². The van der Waals surface area contributed by atoms with E-state index < -0.39 is 64.3 Å². The number of benzene rings is 1. The number of likely N-dealkylation sites (tertiary alicyclic amines) is 2. The zero-order chi connectivity index (χ0) is 27.6. The van der Waals surface area contributed by atoms with Gasteiger partial charge in [-0.25, -0.2) is 8.78 Å². The number of aromatic hydroxyl groups is 1. The Morgan fingerprint density at radius 2 is 1.57 bits per heavy atom. The van der Waals surface area contributed by atoms with Crippen LogP contribution in [0.1, 0.15) is 37.6 Å². The van der Waals surface area contributed by atoms with Crippen LogP contribution in [0.2, 0.25) is 0 Å². The Morgan fingerprint density at radius 3 is 2.16 bits per heavy atom. The van der Waals surface area contributed by atoms with Crippen molar-refractivity contribution >= 4 is 23.6 Å².